The Bertz CT molecular complexity index is 1690. The largest absolute Gasteiger partial charge is 0.457 e. The molecule has 0 atom stereocenters. The first-order valence-corrected chi connectivity index (χ1v) is 13.7. The van der Waals surface area contributed by atoms with Gasteiger partial charge in [0, 0.05) is 29.9 Å². The number of carbonyl (C=O) groups is 1. The van der Waals surface area contributed by atoms with E-state index in [1.165, 1.54) is 25.6 Å². The highest BCUT2D eigenvalue weighted by atomic mass is 16.5. The van der Waals surface area contributed by atoms with E-state index in [0.29, 0.717) is 40.0 Å². The van der Waals surface area contributed by atoms with E-state index in [0.717, 1.165) is 23.5 Å². The van der Waals surface area contributed by atoms with Gasteiger partial charge in [0.15, 0.2) is 5.65 Å². The predicted molar refractivity (Wildman–Crippen MR) is 161 cm³/mol. The average molecular weight is 546 g/mol. The molecular formula is C32H31N7O2. The standard InChI is InChI=1S/C32H31N7O2/c1-38(24-9-6-10-24)19-7-14-28(40)36-23-8-5-11-25(20-23)39-32-29(31(33)34-21-35-32)30(37-39)22-15-17-27(18-16-22)41-26-12-3-2-4-13-26/h2-5,7-8,11-18,20-21,24H,6,9-10,19H2,1H3,(H,36,40)(H2,33,34,35)/b14-7+. The summed E-state index contributed by atoms with van der Waals surface area (Å²) in [5, 5.41) is 8.49. The number of likely N-dealkylation sites (N-methyl/N-ethyl adjacent to an activating group) is 1. The fourth-order valence-corrected chi connectivity index (χ4v) is 4.86. The molecule has 1 fully saturated rings. The molecule has 1 aliphatic carbocycles. The monoisotopic (exact) mass is 545 g/mol. The molecule has 3 aromatic carbocycles. The predicted octanol–water partition coefficient (Wildman–Crippen LogP) is 5.84. The highest BCUT2D eigenvalue weighted by Crippen LogP contribution is 2.33. The van der Waals surface area contributed by atoms with Crippen LogP contribution < -0.4 is 15.8 Å². The van der Waals surface area contributed by atoms with E-state index in [9.17, 15) is 4.79 Å². The second kappa shape index (κ2) is 11.6. The number of benzene rings is 3. The van der Waals surface area contributed by atoms with Crippen molar-refractivity contribution >= 4 is 28.4 Å². The van der Waals surface area contributed by atoms with E-state index in [1.807, 2.05) is 84.9 Å². The molecule has 9 heteroatoms. The van der Waals surface area contributed by atoms with Gasteiger partial charge in [0.05, 0.1) is 11.1 Å². The second-order valence-electron chi connectivity index (χ2n) is 10.1. The van der Waals surface area contributed by atoms with Crippen molar-refractivity contribution in [3.05, 3.63) is 97.3 Å². The lowest BCUT2D eigenvalue weighted by Crippen LogP contribution is -2.37. The van der Waals surface area contributed by atoms with Crippen LogP contribution in [0.3, 0.4) is 0 Å². The first-order valence-electron chi connectivity index (χ1n) is 13.7. The summed E-state index contributed by atoms with van der Waals surface area (Å²) >= 11 is 0. The van der Waals surface area contributed by atoms with E-state index in [1.54, 1.807) is 10.8 Å². The van der Waals surface area contributed by atoms with Crippen molar-refractivity contribution < 1.29 is 9.53 Å². The van der Waals surface area contributed by atoms with E-state index in [2.05, 4.69) is 27.2 Å². The molecule has 0 unspecified atom stereocenters. The molecule has 206 valence electrons. The van der Waals surface area contributed by atoms with Gasteiger partial charge < -0.3 is 15.8 Å². The summed E-state index contributed by atoms with van der Waals surface area (Å²) in [4.78, 5) is 23.6. The van der Waals surface area contributed by atoms with Crippen LogP contribution in [0.15, 0.2) is 97.3 Å². The number of aromatic nitrogens is 4. The van der Waals surface area contributed by atoms with Gasteiger partial charge >= 0.3 is 0 Å². The van der Waals surface area contributed by atoms with Gasteiger partial charge in [-0.3, -0.25) is 9.69 Å². The summed E-state index contributed by atoms with van der Waals surface area (Å²) < 4.78 is 7.66. The third-order valence-electron chi connectivity index (χ3n) is 7.32. The molecule has 0 saturated heterocycles. The van der Waals surface area contributed by atoms with Crippen LogP contribution in [-0.4, -0.2) is 50.2 Å². The summed E-state index contributed by atoms with van der Waals surface area (Å²) in [6.45, 7) is 0.751. The molecule has 6 rings (SSSR count). The van der Waals surface area contributed by atoms with Crippen LogP contribution in [0.5, 0.6) is 11.5 Å². The molecule has 9 nitrogen and oxygen atoms in total. The van der Waals surface area contributed by atoms with Gasteiger partial charge in [-0.25, -0.2) is 14.6 Å². The number of nitrogens with two attached hydrogens (primary N) is 1. The first-order chi connectivity index (χ1) is 20.0. The topological polar surface area (TPSA) is 111 Å². The van der Waals surface area contributed by atoms with Crippen molar-refractivity contribution in [3.8, 4) is 28.4 Å². The molecule has 0 aliphatic heterocycles. The number of anilines is 2. The van der Waals surface area contributed by atoms with Crippen LogP contribution >= 0.6 is 0 Å². The maximum Gasteiger partial charge on any atom is 0.248 e. The minimum absolute atomic E-state index is 0.181. The molecule has 41 heavy (non-hydrogen) atoms. The summed E-state index contributed by atoms with van der Waals surface area (Å²) in [7, 11) is 2.10. The lowest BCUT2D eigenvalue weighted by molar-refractivity contribution is -0.111. The molecule has 0 spiro atoms. The van der Waals surface area contributed by atoms with E-state index < -0.39 is 0 Å². The number of nitrogens with one attached hydrogen (secondary N) is 1. The zero-order valence-corrected chi connectivity index (χ0v) is 22.8. The Labute approximate surface area is 238 Å². The Morgan fingerprint density at radius 3 is 2.59 bits per heavy atom. The third-order valence-corrected chi connectivity index (χ3v) is 7.32. The highest BCUT2D eigenvalue weighted by molar-refractivity contribution is 6.00. The van der Waals surface area contributed by atoms with Gasteiger partial charge in [0.2, 0.25) is 5.91 Å². The second-order valence-corrected chi connectivity index (χ2v) is 10.1. The Hall–Kier alpha value is -5.02. The van der Waals surface area contributed by atoms with Crippen LogP contribution in [-0.2, 0) is 4.79 Å². The van der Waals surface area contributed by atoms with Crippen molar-refractivity contribution in [3.63, 3.8) is 0 Å². The smallest absolute Gasteiger partial charge is 0.248 e. The van der Waals surface area contributed by atoms with Gasteiger partial charge in [-0.05, 0) is 74.5 Å². The summed E-state index contributed by atoms with van der Waals surface area (Å²) in [5.41, 5.74) is 9.76. The van der Waals surface area contributed by atoms with Gasteiger partial charge in [-0.1, -0.05) is 36.8 Å². The number of amides is 1. The quantitative estimate of drug-likeness (QED) is 0.224. The van der Waals surface area contributed by atoms with Crippen LogP contribution in [0, 0.1) is 0 Å². The molecule has 1 aliphatic rings. The van der Waals surface area contributed by atoms with E-state index >= 15 is 0 Å². The molecule has 1 saturated carbocycles. The number of ether oxygens (including phenoxy) is 1. The Balaban J connectivity index is 1.24. The Morgan fingerprint density at radius 1 is 1.05 bits per heavy atom. The van der Waals surface area contributed by atoms with Crippen molar-refractivity contribution in [1.82, 2.24) is 24.6 Å². The summed E-state index contributed by atoms with van der Waals surface area (Å²) in [6, 6.07) is 25.4. The minimum atomic E-state index is -0.181. The fourth-order valence-electron chi connectivity index (χ4n) is 4.86. The first kappa shape index (κ1) is 26.2. The maximum atomic E-state index is 12.6. The summed E-state index contributed by atoms with van der Waals surface area (Å²) in [5.74, 6) is 1.62. The van der Waals surface area contributed by atoms with Gasteiger partial charge in [-0.2, -0.15) is 5.10 Å². The molecule has 0 radical (unpaired) electrons. The lowest BCUT2D eigenvalue weighted by atomic mass is 9.92. The number of hydrogen-bond acceptors (Lipinski definition) is 7. The van der Waals surface area contributed by atoms with Crippen molar-refractivity contribution in [1.29, 1.82) is 0 Å². The third kappa shape index (κ3) is 5.80. The molecule has 3 N–H and O–H groups in total. The number of para-hydroxylation sites is 1. The van der Waals surface area contributed by atoms with E-state index in [4.69, 9.17) is 15.6 Å². The Morgan fingerprint density at radius 2 is 1.83 bits per heavy atom. The lowest BCUT2D eigenvalue weighted by Gasteiger charge is -2.33. The minimum Gasteiger partial charge on any atom is -0.457 e. The highest BCUT2D eigenvalue weighted by Gasteiger charge is 2.21. The van der Waals surface area contributed by atoms with Crippen LogP contribution in [0.2, 0.25) is 0 Å². The van der Waals surface area contributed by atoms with Crippen molar-refractivity contribution in [2.24, 2.45) is 0 Å². The summed E-state index contributed by atoms with van der Waals surface area (Å²) in [6.07, 6.45) is 8.67. The van der Waals surface area contributed by atoms with Gasteiger partial charge in [-0.15, -0.1) is 0 Å². The number of carbonyl (C=O) groups excluding carboxylic acids is 1. The molecule has 2 heterocycles. The normalized spacial score (nSPS) is 13.5. The zero-order valence-electron chi connectivity index (χ0n) is 22.8. The van der Waals surface area contributed by atoms with Crippen molar-refractivity contribution in [2.75, 3.05) is 24.6 Å². The van der Waals surface area contributed by atoms with Crippen LogP contribution in [0.25, 0.3) is 28.0 Å². The van der Waals surface area contributed by atoms with Gasteiger partial charge in [0.1, 0.15) is 29.3 Å². The molecule has 5 aromatic rings. The number of fused-ring (bicyclic) bond motifs is 1. The van der Waals surface area contributed by atoms with Gasteiger partial charge in [0.25, 0.3) is 0 Å². The van der Waals surface area contributed by atoms with Crippen LogP contribution in [0.4, 0.5) is 11.5 Å². The SMILES string of the molecule is CN(C/C=C/C(=O)Nc1cccc(-n2nc(-c3ccc(Oc4ccccc4)cc3)c3c(N)ncnc32)c1)C1CCC1. The molecule has 2 aromatic heterocycles. The van der Waals surface area contributed by atoms with Crippen molar-refractivity contribution in [2.45, 2.75) is 25.3 Å². The average Bonchev–Trinajstić information content (AvgIpc) is 3.34. The number of rotatable bonds is 9. The number of nitrogens with zero attached hydrogens (tertiary/aromatic N) is 5. The Kier molecular flexibility index (Phi) is 7.42. The molecule has 1 amide bonds. The molecule has 0 bridgehead atoms. The van der Waals surface area contributed by atoms with E-state index in [-0.39, 0.29) is 5.91 Å². The van der Waals surface area contributed by atoms with Crippen LogP contribution in [0.1, 0.15) is 19.3 Å². The zero-order chi connectivity index (χ0) is 28.2. The molecular weight excluding hydrogens is 514 g/mol. The fraction of sp³-hybridized carbons (Fsp3) is 0.188. The number of hydrogen-bond donors (Lipinski definition) is 2. The number of nitrogen functional groups attached to an aromatic ring is 1. The maximum absolute atomic E-state index is 12.6.